The third-order valence-electron chi connectivity index (χ3n) is 7.00. The molecular formula is C27H29FN2O2. The highest BCUT2D eigenvalue weighted by atomic mass is 19.1. The second-order valence-corrected chi connectivity index (χ2v) is 9.31. The van der Waals surface area contributed by atoms with Crippen molar-refractivity contribution < 1.29 is 14.2 Å². The average molecular weight is 433 g/mol. The van der Waals surface area contributed by atoms with Crippen LogP contribution in [0.5, 0.6) is 5.75 Å². The summed E-state index contributed by atoms with van der Waals surface area (Å²) in [5, 5.41) is 11.5. The lowest BCUT2D eigenvalue weighted by molar-refractivity contribution is -0.0108. The van der Waals surface area contributed by atoms with E-state index in [4.69, 9.17) is 4.74 Å². The van der Waals surface area contributed by atoms with E-state index in [0.29, 0.717) is 12.5 Å². The number of pyridine rings is 1. The number of fused-ring (bicyclic) bond motifs is 1. The fourth-order valence-corrected chi connectivity index (χ4v) is 5.30. The standard InChI is InChI=1S/C27H29FN2O2/c1-19-5-10-26(29-14-19)27(31)12-11-22-16-30(17-25(22)27)15-21-3-2-4-24(13-21)32-18-20-6-8-23(28)9-7-20/h2-10,13-14,22,25,31H,11-12,15-18H2,1H3. The molecule has 3 atom stereocenters. The van der Waals surface area contributed by atoms with Crippen LogP contribution < -0.4 is 4.74 Å². The molecule has 5 rings (SSSR count). The maximum atomic E-state index is 13.1. The van der Waals surface area contributed by atoms with Gasteiger partial charge < -0.3 is 9.84 Å². The van der Waals surface area contributed by atoms with Gasteiger partial charge in [0.15, 0.2) is 0 Å². The summed E-state index contributed by atoms with van der Waals surface area (Å²) in [5.41, 5.74) is 3.23. The maximum Gasteiger partial charge on any atom is 0.123 e. The molecule has 2 aliphatic rings. The second kappa shape index (κ2) is 8.64. The van der Waals surface area contributed by atoms with E-state index in [1.807, 2.05) is 37.4 Å². The molecule has 3 aromatic rings. The van der Waals surface area contributed by atoms with Crippen molar-refractivity contribution >= 4 is 0 Å². The molecule has 1 saturated carbocycles. The van der Waals surface area contributed by atoms with Crippen LogP contribution in [0.2, 0.25) is 0 Å². The van der Waals surface area contributed by atoms with Gasteiger partial charge in [-0.2, -0.15) is 0 Å². The monoisotopic (exact) mass is 432 g/mol. The van der Waals surface area contributed by atoms with Crippen LogP contribution in [0.15, 0.2) is 66.9 Å². The molecule has 0 amide bonds. The molecule has 1 aromatic heterocycles. The maximum absolute atomic E-state index is 13.1. The Kier molecular flexibility index (Phi) is 5.70. The van der Waals surface area contributed by atoms with Gasteiger partial charge in [-0.1, -0.05) is 30.3 Å². The summed E-state index contributed by atoms with van der Waals surface area (Å²) >= 11 is 0. The average Bonchev–Trinajstić information content (AvgIpc) is 3.34. The number of nitrogens with zero attached hydrogens (tertiary/aromatic N) is 2. The van der Waals surface area contributed by atoms with Crippen LogP contribution in [0.25, 0.3) is 0 Å². The minimum absolute atomic E-state index is 0.218. The van der Waals surface area contributed by atoms with Crippen LogP contribution >= 0.6 is 0 Å². The SMILES string of the molecule is Cc1ccc(C2(O)CCC3CN(Cc4cccc(OCc5ccc(F)cc5)c4)CC32)nc1. The fourth-order valence-electron chi connectivity index (χ4n) is 5.30. The molecule has 32 heavy (non-hydrogen) atoms. The van der Waals surface area contributed by atoms with Gasteiger partial charge in [0.1, 0.15) is 23.8 Å². The number of aryl methyl sites for hydroxylation is 1. The minimum atomic E-state index is -0.826. The first kappa shape index (κ1) is 21.1. The van der Waals surface area contributed by atoms with Crippen molar-refractivity contribution in [3.63, 3.8) is 0 Å². The van der Waals surface area contributed by atoms with Gasteiger partial charge in [0.2, 0.25) is 0 Å². The van der Waals surface area contributed by atoms with Crippen LogP contribution in [0.3, 0.4) is 0 Å². The van der Waals surface area contributed by atoms with Gasteiger partial charge in [-0.05, 0) is 72.7 Å². The molecule has 0 radical (unpaired) electrons. The van der Waals surface area contributed by atoms with Crippen LogP contribution in [0.1, 0.15) is 35.2 Å². The molecule has 1 N–H and O–H groups in total. The number of likely N-dealkylation sites (tertiary alicyclic amines) is 1. The Labute approximate surface area is 188 Å². The second-order valence-electron chi connectivity index (χ2n) is 9.31. The molecule has 3 unspecified atom stereocenters. The fraction of sp³-hybridized carbons (Fsp3) is 0.370. The van der Waals surface area contributed by atoms with E-state index in [1.165, 1.54) is 17.7 Å². The number of halogens is 1. The zero-order chi connectivity index (χ0) is 22.1. The predicted molar refractivity (Wildman–Crippen MR) is 122 cm³/mol. The number of benzene rings is 2. The largest absolute Gasteiger partial charge is 0.489 e. The molecular weight excluding hydrogens is 403 g/mol. The normalized spacial score (nSPS) is 25.1. The van der Waals surface area contributed by atoms with Crippen LogP contribution in [0.4, 0.5) is 4.39 Å². The van der Waals surface area contributed by atoms with Crippen LogP contribution in [-0.2, 0) is 18.8 Å². The van der Waals surface area contributed by atoms with Gasteiger partial charge in [-0.25, -0.2) is 4.39 Å². The van der Waals surface area contributed by atoms with Crippen molar-refractivity contribution in [1.29, 1.82) is 0 Å². The molecule has 4 nitrogen and oxygen atoms in total. The lowest BCUT2D eigenvalue weighted by Gasteiger charge is -2.30. The summed E-state index contributed by atoms with van der Waals surface area (Å²) in [6, 6.07) is 18.6. The van der Waals surface area contributed by atoms with Crippen LogP contribution in [-0.4, -0.2) is 28.1 Å². The first-order valence-electron chi connectivity index (χ1n) is 11.3. The smallest absolute Gasteiger partial charge is 0.123 e. The van der Waals surface area contributed by atoms with Crippen LogP contribution in [0, 0.1) is 24.6 Å². The predicted octanol–water partition coefficient (Wildman–Crippen LogP) is 4.84. The van der Waals surface area contributed by atoms with Gasteiger partial charge in [-0.3, -0.25) is 9.88 Å². The van der Waals surface area contributed by atoms with E-state index in [1.54, 1.807) is 12.1 Å². The third kappa shape index (κ3) is 4.27. The Morgan fingerprint density at radius 1 is 1.09 bits per heavy atom. The highest BCUT2D eigenvalue weighted by molar-refractivity contribution is 5.29. The van der Waals surface area contributed by atoms with E-state index < -0.39 is 5.60 Å². The number of ether oxygens (including phenoxy) is 1. The Hall–Kier alpha value is -2.76. The number of rotatable bonds is 6. The Morgan fingerprint density at radius 2 is 1.94 bits per heavy atom. The van der Waals surface area contributed by atoms with Crippen molar-refractivity contribution in [2.45, 2.75) is 38.5 Å². The van der Waals surface area contributed by atoms with Crippen molar-refractivity contribution in [3.8, 4) is 5.75 Å². The number of aliphatic hydroxyl groups is 1. The molecule has 166 valence electrons. The third-order valence-corrected chi connectivity index (χ3v) is 7.00. The molecule has 2 heterocycles. The molecule has 0 bridgehead atoms. The molecule has 2 fully saturated rings. The Balaban J connectivity index is 1.22. The van der Waals surface area contributed by atoms with E-state index in [2.05, 4.69) is 22.0 Å². The molecule has 1 aliphatic carbocycles. The van der Waals surface area contributed by atoms with Gasteiger partial charge in [0.25, 0.3) is 0 Å². The van der Waals surface area contributed by atoms with E-state index in [-0.39, 0.29) is 11.7 Å². The van der Waals surface area contributed by atoms with Crippen molar-refractivity contribution in [2.75, 3.05) is 13.1 Å². The highest BCUT2D eigenvalue weighted by Crippen LogP contribution is 2.50. The minimum Gasteiger partial charge on any atom is -0.489 e. The molecule has 0 spiro atoms. The topological polar surface area (TPSA) is 45.6 Å². The summed E-state index contributed by atoms with van der Waals surface area (Å²) in [4.78, 5) is 6.99. The summed E-state index contributed by atoms with van der Waals surface area (Å²) in [6.07, 6.45) is 3.68. The summed E-state index contributed by atoms with van der Waals surface area (Å²) in [7, 11) is 0. The zero-order valence-corrected chi connectivity index (χ0v) is 18.4. The van der Waals surface area contributed by atoms with Gasteiger partial charge >= 0.3 is 0 Å². The first-order chi connectivity index (χ1) is 15.5. The molecule has 1 aliphatic heterocycles. The molecule has 5 heteroatoms. The van der Waals surface area contributed by atoms with E-state index in [0.717, 1.165) is 55.0 Å². The van der Waals surface area contributed by atoms with Crippen molar-refractivity contribution in [2.24, 2.45) is 11.8 Å². The van der Waals surface area contributed by atoms with E-state index in [9.17, 15) is 9.50 Å². The Morgan fingerprint density at radius 3 is 2.72 bits per heavy atom. The summed E-state index contributed by atoms with van der Waals surface area (Å²) < 4.78 is 19.0. The Bertz CT molecular complexity index is 1070. The first-order valence-corrected chi connectivity index (χ1v) is 11.3. The summed E-state index contributed by atoms with van der Waals surface area (Å²) in [5.74, 6) is 1.29. The van der Waals surface area contributed by atoms with Gasteiger partial charge in [-0.15, -0.1) is 0 Å². The highest BCUT2D eigenvalue weighted by Gasteiger charge is 2.53. The zero-order valence-electron chi connectivity index (χ0n) is 18.4. The lowest BCUT2D eigenvalue weighted by atomic mass is 9.85. The number of hydrogen-bond donors (Lipinski definition) is 1. The summed E-state index contributed by atoms with van der Waals surface area (Å²) in [6.45, 7) is 5.14. The quantitative estimate of drug-likeness (QED) is 0.606. The number of hydrogen-bond acceptors (Lipinski definition) is 4. The van der Waals surface area contributed by atoms with Crippen molar-refractivity contribution in [1.82, 2.24) is 9.88 Å². The lowest BCUT2D eigenvalue weighted by Crippen LogP contribution is -2.35. The van der Waals surface area contributed by atoms with Crippen molar-refractivity contribution in [3.05, 3.63) is 95.1 Å². The van der Waals surface area contributed by atoms with Gasteiger partial charge in [0.05, 0.1) is 5.69 Å². The number of aromatic nitrogens is 1. The van der Waals surface area contributed by atoms with Gasteiger partial charge in [0, 0.05) is 31.7 Å². The molecule has 2 aromatic carbocycles. The molecule has 1 saturated heterocycles. The van der Waals surface area contributed by atoms with E-state index >= 15 is 0 Å².